The molecule has 4 aliphatic carbocycles. The van der Waals surface area contributed by atoms with Crippen molar-refractivity contribution in [1.29, 1.82) is 5.26 Å². The zero-order chi connectivity index (χ0) is 27.9. The number of benzene rings is 1. The van der Waals surface area contributed by atoms with Gasteiger partial charge in [0, 0.05) is 18.2 Å². The number of carbonyl (C=O) groups is 3. The van der Waals surface area contributed by atoms with Gasteiger partial charge < -0.3 is 25.2 Å². The van der Waals surface area contributed by atoms with E-state index in [1.165, 1.54) is 13.2 Å². The Labute approximate surface area is 229 Å². The van der Waals surface area contributed by atoms with Gasteiger partial charge in [-0.15, -0.1) is 0 Å². The van der Waals surface area contributed by atoms with Crippen LogP contribution in [0.25, 0.3) is 0 Å². The average Bonchev–Trinajstić information content (AvgIpc) is 3.50. The number of methoxy groups -OCH3 is 1. The number of carbonyl (C=O) groups excluding carboxylic acids is 2. The van der Waals surface area contributed by atoms with Crippen LogP contribution in [0.2, 0.25) is 0 Å². The van der Waals surface area contributed by atoms with Gasteiger partial charge in [0.1, 0.15) is 17.6 Å². The molecule has 4 saturated carbocycles. The highest BCUT2D eigenvalue weighted by Crippen LogP contribution is 2.49. The Morgan fingerprint density at radius 1 is 1.03 bits per heavy atom. The summed E-state index contributed by atoms with van der Waals surface area (Å²) in [5.74, 6) is 0.387. The van der Waals surface area contributed by atoms with Gasteiger partial charge in [0.2, 0.25) is 5.91 Å². The van der Waals surface area contributed by atoms with Crippen LogP contribution in [0.3, 0.4) is 0 Å². The zero-order valence-corrected chi connectivity index (χ0v) is 23.0. The third-order valence-electron chi connectivity index (χ3n) is 9.75. The first-order valence-electron chi connectivity index (χ1n) is 14.2. The van der Waals surface area contributed by atoms with Crippen molar-refractivity contribution >= 4 is 17.8 Å². The maximum Gasteiger partial charge on any atom is 0.309 e. The van der Waals surface area contributed by atoms with Crippen molar-refractivity contribution in [3.63, 3.8) is 0 Å². The largest absolute Gasteiger partial charge is 0.496 e. The summed E-state index contributed by atoms with van der Waals surface area (Å²) < 4.78 is 11.7. The number of aliphatic carboxylic acids is 1. The van der Waals surface area contributed by atoms with Crippen LogP contribution >= 0.6 is 0 Å². The number of carboxylic acid groups (broad SMARTS) is 1. The molecule has 0 radical (unpaired) electrons. The number of fused-ring (bicyclic) bond motifs is 2. The van der Waals surface area contributed by atoms with E-state index in [-0.39, 0.29) is 70.4 Å². The molecule has 0 unspecified atom stereocenters. The second-order valence-corrected chi connectivity index (χ2v) is 12.5. The number of nitrogens with one attached hydrogen (secondary N) is 2. The molecule has 9 heteroatoms. The summed E-state index contributed by atoms with van der Waals surface area (Å²) in [4.78, 5) is 38.5. The summed E-state index contributed by atoms with van der Waals surface area (Å²) in [6.45, 7) is 3.94. The minimum absolute atomic E-state index is 0.0471. The smallest absolute Gasteiger partial charge is 0.309 e. The Morgan fingerprint density at radius 2 is 1.72 bits per heavy atom. The number of nitrogens with zero attached hydrogens (tertiary/aromatic N) is 1. The van der Waals surface area contributed by atoms with Gasteiger partial charge in [-0.05, 0) is 88.5 Å². The summed E-state index contributed by atoms with van der Waals surface area (Å²) >= 11 is 0. The second-order valence-electron chi connectivity index (χ2n) is 12.5. The van der Waals surface area contributed by atoms with Gasteiger partial charge in [-0.1, -0.05) is 6.92 Å². The molecule has 210 valence electrons. The standard InChI is InChI=1S/C30H39N3O6/c1-16-10-20(11-16)32-28(35)25-17-4-5-18(12-17)26(25)33-27(34)22-14-23(19(15-31)13-24(22)38-3)39-21-6-8-30(2,9-7-21)29(36)37/h13-14,16-18,20-21,25-26H,4-12H2,1-3H3,(H,32,35)(H,33,34)(H,36,37)/t16?,17-,18+,20?,21?,25+,26-,30?/m1/s1. The second kappa shape index (κ2) is 10.7. The van der Waals surface area contributed by atoms with Crippen molar-refractivity contribution in [2.45, 2.75) is 89.8 Å². The van der Waals surface area contributed by atoms with Crippen molar-refractivity contribution in [3.05, 3.63) is 23.3 Å². The Bertz CT molecular complexity index is 1180. The van der Waals surface area contributed by atoms with Crippen LogP contribution in [0, 0.1) is 40.4 Å². The first kappa shape index (κ1) is 27.3. The lowest BCUT2D eigenvalue weighted by Crippen LogP contribution is -2.53. The molecule has 3 N–H and O–H groups in total. The lowest BCUT2D eigenvalue weighted by molar-refractivity contribution is -0.150. The van der Waals surface area contributed by atoms with Gasteiger partial charge >= 0.3 is 5.97 Å². The van der Waals surface area contributed by atoms with E-state index >= 15 is 0 Å². The summed E-state index contributed by atoms with van der Waals surface area (Å²) in [5.41, 5.74) is -0.266. The fourth-order valence-electron chi connectivity index (χ4n) is 7.25. The number of hydrogen-bond donors (Lipinski definition) is 3. The molecule has 1 aromatic carbocycles. The van der Waals surface area contributed by atoms with E-state index in [1.54, 1.807) is 13.0 Å². The van der Waals surface area contributed by atoms with Gasteiger partial charge in [-0.2, -0.15) is 5.26 Å². The minimum atomic E-state index is -0.808. The van der Waals surface area contributed by atoms with E-state index in [0.717, 1.165) is 32.1 Å². The maximum atomic E-state index is 13.6. The quantitative estimate of drug-likeness (QED) is 0.455. The van der Waals surface area contributed by atoms with E-state index in [9.17, 15) is 24.8 Å². The van der Waals surface area contributed by atoms with Crippen LogP contribution in [0.5, 0.6) is 11.5 Å². The molecule has 4 fully saturated rings. The van der Waals surface area contributed by atoms with E-state index in [2.05, 4.69) is 23.6 Å². The fraction of sp³-hybridized carbons (Fsp3) is 0.667. The Morgan fingerprint density at radius 3 is 2.33 bits per heavy atom. The molecule has 0 saturated heterocycles. The molecular weight excluding hydrogens is 498 g/mol. The topological polar surface area (TPSA) is 138 Å². The molecule has 5 rings (SSSR count). The molecule has 9 nitrogen and oxygen atoms in total. The number of amides is 2. The molecule has 1 aromatic rings. The predicted molar refractivity (Wildman–Crippen MR) is 142 cm³/mol. The number of carboxylic acids is 1. The summed E-state index contributed by atoms with van der Waals surface area (Å²) in [6, 6.07) is 5.17. The first-order chi connectivity index (χ1) is 18.6. The van der Waals surface area contributed by atoms with Crippen molar-refractivity contribution in [2.75, 3.05) is 7.11 Å². The highest BCUT2D eigenvalue weighted by atomic mass is 16.5. The lowest BCUT2D eigenvalue weighted by Gasteiger charge is -2.37. The minimum Gasteiger partial charge on any atom is -0.496 e. The molecule has 39 heavy (non-hydrogen) atoms. The number of nitriles is 1. The highest BCUT2D eigenvalue weighted by Gasteiger charge is 2.52. The van der Waals surface area contributed by atoms with Gasteiger partial charge in [0.05, 0.1) is 35.7 Å². The highest BCUT2D eigenvalue weighted by molar-refractivity contribution is 5.98. The fourth-order valence-corrected chi connectivity index (χ4v) is 7.25. The molecule has 4 aliphatic rings. The normalized spacial score (nSPS) is 34.9. The number of hydrogen-bond acceptors (Lipinski definition) is 6. The monoisotopic (exact) mass is 537 g/mol. The third-order valence-corrected chi connectivity index (χ3v) is 9.75. The predicted octanol–water partition coefficient (Wildman–Crippen LogP) is 4.04. The van der Waals surface area contributed by atoms with Crippen LogP contribution < -0.4 is 20.1 Å². The van der Waals surface area contributed by atoms with Crippen LogP contribution in [0.15, 0.2) is 12.1 Å². The van der Waals surface area contributed by atoms with E-state index in [0.29, 0.717) is 31.6 Å². The summed E-state index contributed by atoms with van der Waals surface area (Å²) in [6.07, 6.45) is 6.76. The number of rotatable bonds is 8. The molecule has 2 bridgehead atoms. The molecule has 0 aromatic heterocycles. The summed E-state index contributed by atoms with van der Waals surface area (Å²) in [7, 11) is 1.45. The SMILES string of the molecule is COc1cc(C#N)c(OC2CCC(C)(C(=O)O)CC2)cc1C(=O)N[C@@H]1[C@H]2CC[C@H](C2)[C@@H]1C(=O)NC1CC(C)C1. The van der Waals surface area contributed by atoms with E-state index in [1.807, 2.05) is 0 Å². The van der Waals surface area contributed by atoms with E-state index < -0.39 is 11.4 Å². The van der Waals surface area contributed by atoms with Crippen molar-refractivity contribution < 1.29 is 29.0 Å². The molecule has 0 spiro atoms. The number of ether oxygens (including phenoxy) is 2. The molecule has 4 atom stereocenters. The molecule has 0 aliphatic heterocycles. The Hall–Kier alpha value is -3.28. The van der Waals surface area contributed by atoms with E-state index in [4.69, 9.17) is 9.47 Å². The van der Waals surface area contributed by atoms with Crippen molar-refractivity contribution in [2.24, 2.45) is 29.1 Å². The van der Waals surface area contributed by atoms with Crippen LogP contribution in [-0.2, 0) is 9.59 Å². The van der Waals surface area contributed by atoms with Gasteiger partial charge in [0.25, 0.3) is 5.91 Å². The van der Waals surface area contributed by atoms with Crippen molar-refractivity contribution in [1.82, 2.24) is 10.6 Å². The first-order valence-corrected chi connectivity index (χ1v) is 14.2. The van der Waals surface area contributed by atoms with Gasteiger partial charge in [0.15, 0.2) is 0 Å². The molecule has 2 amide bonds. The third kappa shape index (κ3) is 5.30. The Balaban J connectivity index is 1.32. The van der Waals surface area contributed by atoms with Gasteiger partial charge in [-0.3, -0.25) is 14.4 Å². The van der Waals surface area contributed by atoms with Crippen LogP contribution in [0.1, 0.15) is 87.6 Å². The lowest BCUT2D eigenvalue weighted by atomic mass is 9.75. The van der Waals surface area contributed by atoms with Crippen LogP contribution in [-0.4, -0.2) is 48.2 Å². The molecule has 0 heterocycles. The zero-order valence-electron chi connectivity index (χ0n) is 23.0. The average molecular weight is 538 g/mol. The Kier molecular flexibility index (Phi) is 7.49. The summed E-state index contributed by atoms with van der Waals surface area (Å²) in [5, 5.41) is 25.6. The van der Waals surface area contributed by atoms with Crippen LogP contribution in [0.4, 0.5) is 0 Å². The molecular formula is C30H39N3O6. The van der Waals surface area contributed by atoms with Gasteiger partial charge in [-0.25, -0.2) is 0 Å². The maximum absolute atomic E-state index is 13.6. The van der Waals surface area contributed by atoms with Crippen molar-refractivity contribution in [3.8, 4) is 17.6 Å².